The highest BCUT2D eigenvalue weighted by Gasteiger charge is 2.39. The number of amides is 2. The minimum atomic E-state index is -1.59. The average molecular weight is 522 g/mol. The zero-order chi connectivity index (χ0) is 21.7. The number of halogens is 1. The fourth-order valence-corrected chi connectivity index (χ4v) is 4.10. The number of rotatable bonds is 7. The van der Waals surface area contributed by atoms with E-state index in [-0.39, 0.29) is 6.04 Å². The molecule has 3 rings (SSSR count). The predicted molar refractivity (Wildman–Crippen MR) is 120 cm³/mol. The van der Waals surface area contributed by atoms with Gasteiger partial charge in [0.15, 0.2) is 6.10 Å². The Bertz CT molecular complexity index is 939. The number of carbonyl (C=O) groups is 2. The number of benzene rings is 2. The fraction of sp³-hybridized carbons (Fsp3) is 0.333. The molecule has 0 spiro atoms. The molecule has 2 aromatic carbocycles. The smallest absolute Gasteiger partial charge is 0.257 e. The van der Waals surface area contributed by atoms with Gasteiger partial charge in [-0.25, -0.2) is 5.90 Å². The van der Waals surface area contributed by atoms with Gasteiger partial charge in [-0.3, -0.25) is 14.4 Å². The van der Waals surface area contributed by atoms with Crippen molar-refractivity contribution in [3.63, 3.8) is 0 Å². The lowest BCUT2D eigenvalue weighted by molar-refractivity contribution is -0.150. The monoisotopic (exact) mass is 522 g/mol. The molecule has 1 aliphatic rings. The van der Waals surface area contributed by atoms with Gasteiger partial charge in [0.05, 0.1) is 6.04 Å². The number of nitrogens with two attached hydrogens (primary N) is 1. The van der Waals surface area contributed by atoms with Gasteiger partial charge in [0.25, 0.3) is 11.8 Å². The highest BCUT2D eigenvalue weighted by Crippen LogP contribution is 2.21. The van der Waals surface area contributed by atoms with E-state index in [4.69, 9.17) is 10.7 Å². The van der Waals surface area contributed by atoms with Crippen LogP contribution >= 0.6 is 22.6 Å². The Morgan fingerprint density at radius 2 is 1.93 bits per heavy atom. The lowest BCUT2D eigenvalue weighted by Crippen LogP contribution is -2.53. The summed E-state index contributed by atoms with van der Waals surface area (Å²) in [4.78, 5) is 43.5. The molecule has 0 saturated heterocycles. The van der Waals surface area contributed by atoms with Crippen molar-refractivity contribution in [3.05, 3.63) is 73.7 Å². The summed E-state index contributed by atoms with van der Waals surface area (Å²) in [7, 11) is 0. The average Bonchev–Trinajstić information content (AvgIpc) is 2.76. The van der Waals surface area contributed by atoms with Gasteiger partial charge in [0, 0.05) is 16.7 Å². The molecule has 1 heterocycles. The zero-order valence-corrected chi connectivity index (χ0v) is 18.6. The molecule has 8 nitrogen and oxygen atoms in total. The fourth-order valence-electron chi connectivity index (χ4n) is 3.53. The zero-order valence-electron chi connectivity index (χ0n) is 16.5. The second kappa shape index (κ2) is 10.1. The topological polar surface area (TPSA) is 114 Å². The molecule has 2 unspecified atom stereocenters. The van der Waals surface area contributed by atoms with Gasteiger partial charge in [-0.05, 0) is 64.8 Å². The van der Waals surface area contributed by atoms with Crippen molar-refractivity contribution in [2.75, 3.05) is 6.54 Å². The highest BCUT2D eigenvalue weighted by atomic mass is 127. The molecule has 3 N–H and O–H groups in total. The first-order valence-corrected chi connectivity index (χ1v) is 10.6. The molecule has 0 fully saturated rings. The molecular weight excluding hydrogens is 499 g/mol. The maximum atomic E-state index is 13.0. The first-order chi connectivity index (χ1) is 14.4. The van der Waals surface area contributed by atoms with Crippen molar-refractivity contribution in [1.29, 1.82) is 0 Å². The van der Waals surface area contributed by atoms with Crippen LogP contribution in [0.4, 0.5) is 0 Å². The van der Waals surface area contributed by atoms with Crippen LogP contribution in [-0.2, 0) is 27.4 Å². The largest absolute Gasteiger partial charge is 0.348 e. The molecule has 30 heavy (non-hydrogen) atoms. The van der Waals surface area contributed by atoms with Crippen LogP contribution in [0, 0.1) is 8.48 Å². The van der Waals surface area contributed by atoms with Gasteiger partial charge in [0.1, 0.15) is 0 Å². The lowest BCUT2D eigenvalue weighted by atomic mass is 9.98. The molecule has 0 bridgehead atoms. The highest BCUT2D eigenvalue weighted by molar-refractivity contribution is 14.1. The van der Waals surface area contributed by atoms with Crippen LogP contribution in [0.1, 0.15) is 29.7 Å². The number of nitrogens with zero attached hydrogens (tertiary/aromatic N) is 2. The van der Waals surface area contributed by atoms with Gasteiger partial charge in [-0.2, -0.15) is 0 Å². The van der Waals surface area contributed by atoms with E-state index in [0.29, 0.717) is 19.5 Å². The third-order valence-corrected chi connectivity index (χ3v) is 5.88. The molecule has 9 heteroatoms. The molecule has 0 saturated carbocycles. The van der Waals surface area contributed by atoms with E-state index in [9.17, 15) is 14.5 Å². The summed E-state index contributed by atoms with van der Waals surface area (Å²) in [6, 6.07) is 13.4. The van der Waals surface area contributed by atoms with E-state index < -0.39 is 24.0 Å². The van der Waals surface area contributed by atoms with Gasteiger partial charge in [-0.1, -0.05) is 41.6 Å². The molecule has 0 radical (unpaired) electrons. The number of hydrogen-bond acceptors (Lipinski definition) is 6. The summed E-state index contributed by atoms with van der Waals surface area (Å²) >= 11 is 2.18. The Balaban J connectivity index is 1.71. The van der Waals surface area contributed by atoms with E-state index in [0.717, 1.165) is 14.7 Å². The molecule has 0 aromatic heterocycles. The van der Waals surface area contributed by atoms with E-state index in [1.165, 1.54) is 10.5 Å². The van der Waals surface area contributed by atoms with Gasteiger partial charge in [0.2, 0.25) is 6.04 Å². The van der Waals surface area contributed by atoms with E-state index >= 15 is 0 Å². The van der Waals surface area contributed by atoms with E-state index in [2.05, 4.69) is 33.1 Å². The van der Waals surface area contributed by atoms with Crippen LogP contribution in [0.25, 0.3) is 0 Å². The summed E-state index contributed by atoms with van der Waals surface area (Å²) in [5.41, 5.74) is 3.05. The third kappa shape index (κ3) is 5.02. The Hall–Kier alpha value is -2.37. The Morgan fingerprint density at radius 1 is 1.20 bits per heavy atom. The number of nitrogens with one attached hydrogen (secondary N) is 1. The molecule has 3 atom stereocenters. The van der Waals surface area contributed by atoms with E-state index in [1.54, 1.807) is 6.92 Å². The van der Waals surface area contributed by atoms with Crippen molar-refractivity contribution in [3.8, 4) is 0 Å². The first kappa shape index (κ1) is 22.3. The first-order valence-electron chi connectivity index (χ1n) is 9.54. The molecule has 1 aliphatic heterocycles. The maximum Gasteiger partial charge on any atom is 0.257 e. The third-order valence-electron chi connectivity index (χ3n) is 5.21. The maximum absolute atomic E-state index is 13.0. The van der Waals surface area contributed by atoms with Crippen LogP contribution in [0.3, 0.4) is 0 Å². The van der Waals surface area contributed by atoms with Crippen LogP contribution in [0.2, 0.25) is 0 Å². The van der Waals surface area contributed by atoms with E-state index in [1.807, 2.05) is 48.5 Å². The summed E-state index contributed by atoms with van der Waals surface area (Å²) in [5.74, 6) is 4.08. The Labute approximate surface area is 188 Å². The predicted octanol–water partition coefficient (Wildman–Crippen LogP) is 2.45. The lowest BCUT2D eigenvalue weighted by Gasteiger charge is -2.32. The standard InChI is InChI=1S/C21H23IN4O4/c1-13(15-7-4-8-17(22)11-15)24-20(27)18(25-29)19(30-23)21(28)26-10-9-14-5-2-3-6-16(14)12-26/h2-8,11,13,18-19H,9-10,12,23H2,1H3,(H,24,27)/t13-,18?,19?/m0/s1. The second-order valence-electron chi connectivity index (χ2n) is 7.17. The SMILES string of the molecule is C[C@H](NC(=O)C(N=O)C(ON)C(=O)N1CCc2ccccc2C1)c1cccc(I)c1. The molecule has 158 valence electrons. The van der Waals surface area contributed by atoms with Crippen molar-refractivity contribution in [2.45, 2.75) is 38.1 Å². The van der Waals surface area contributed by atoms with Crippen LogP contribution in [0.15, 0.2) is 53.7 Å². The summed E-state index contributed by atoms with van der Waals surface area (Å²) in [5, 5.41) is 5.59. The minimum Gasteiger partial charge on any atom is -0.348 e. The summed E-state index contributed by atoms with van der Waals surface area (Å²) < 4.78 is 1.01. The van der Waals surface area contributed by atoms with Crippen molar-refractivity contribution in [2.24, 2.45) is 11.1 Å². The Morgan fingerprint density at radius 3 is 2.60 bits per heavy atom. The second-order valence-corrected chi connectivity index (χ2v) is 8.42. The van der Waals surface area contributed by atoms with Crippen molar-refractivity contribution in [1.82, 2.24) is 10.2 Å². The quantitative estimate of drug-likeness (QED) is 0.330. The normalized spacial score (nSPS) is 16.2. The van der Waals surface area contributed by atoms with Crippen LogP contribution in [0.5, 0.6) is 0 Å². The number of hydrogen-bond donors (Lipinski definition) is 2. The van der Waals surface area contributed by atoms with Gasteiger partial charge >= 0.3 is 0 Å². The summed E-state index contributed by atoms with van der Waals surface area (Å²) in [6.07, 6.45) is -0.815. The van der Waals surface area contributed by atoms with Crippen LogP contribution in [-0.4, -0.2) is 35.4 Å². The Kier molecular flexibility index (Phi) is 7.51. The van der Waals surface area contributed by atoms with Crippen molar-refractivity contribution >= 4 is 34.4 Å². The number of nitroso groups, excluding NO2 is 1. The molecule has 2 aromatic rings. The minimum absolute atomic E-state index is 0.362. The van der Waals surface area contributed by atoms with Crippen LogP contribution < -0.4 is 11.2 Å². The molecule has 2 amide bonds. The summed E-state index contributed by atoms with van der Waals surface area (Å²) in [6.45, 7) is 2.59. The number of carbonyl (C=O) groups excluding carboxylic acids is 2. The van der Waals surface area contributed by atoms with Gasteiger partial charge in [-0.15, -0.1) is 4.91 Å². The van der Waals surface area contributed by atoms with Gasteiger partial charge < -0.3 is 10.2 Å². The number of fused-ring (bicyclic) bond motifs is 1. The molecular formula is C21H23IN4O4. The van der Waals surface area contributed by atoms with Crippen molar-refractivity contribution < 1.29 is 14.4 Å². The molecule has 0 aliphatic carbocycles.